The lowest BCUT2D eigenvalue weighted by atomic mass is 10.1. The average molecular weight is 300 g/mol. The lowest BCUT2D eigenvalue weighted by Gasteiger charge is -2.02. The van der Waals surface area contributed by atoms with Crippen molar-refractivity contribution in [3.63, 3.8) is 0 Å². The monoisotopic (exact) mass is 300 g/mol. The van der Waals surface area contributed by atoms with Crippen LogP contribution in [0.15, 0.2) is 34.0 Å². The molecule has 0 aliphatic carbocycles. The maximum Gasteiger partial charge on any atom is 0.226 e. The van der Waals surface area contributed by atoms with E-state index in [-0.39, 0.29) is 0 Å². The van der Waals surface area contributed by atoms with E-state index in [1.165, 1.54) is 22.9 Å². The topological polar surface area (TPSA) is 67.6 Å². The van der Waals surface area contributed by atoms with Gasteiger partial charge >= 0.3 is 0 Å². The first kappa shape index (κ1) is 13.9. The maximum absolute atomic E-state index is 5.59. The van der Waals surface area contributed by atoms with Gasteiger partial charge in [-0.3, -0.25) is 5.10 Å². The Bertz CT molecular complexity index is 763. The van der Waals surface area contributed by atoms with Crippen LogP contribution in [0.2, 0.25) is 0 Å². The van der Waals surface area contributed by atoms with Gasteiger partial charge in [-0.15, -0.1) is 5.10 Å². The SMILES string of the molecule is Cc1ccc(-c2nc(CSc3n[nH]c(C)n3)co2)c(C)c1. The van der Waals surface area contributed by atoms with E-state index in [0.29, 0.717) is 11.6 Å². The number of nitrogens with zero attached hydrogens (tertiary/aromatic N) is 3. The Morgan fingerprint density at radius 2 is 2.05 bits per heavy atom. The molecule has 0 aliphatic rings. The van der Waals surface area contributed by atoms with Gasteiger partial charge in [0.1, 0.15) is 12.1 Å². The first-order valence-electron chi connectivity index (χ1n) is 6.65. The third kappa shape index (κ3) is 3.16. The summed E-state index contributed by atoms with van der Waals surface area (Å²) in [6.07, 6.45) is 1.70. The Morgan fingerprint density at radius 1 is 1.19 bits per heavy atom. The Hall–Kier alpha value is -2.08. The summed E-state index contributed by atoms with van der Waals surface area (Å²) in [6.45, 7) is 6.02. The van der Waals surface area contributed by atoms with Gasteiger partial charge in [-0.25, -0.2) is 9.97 Å². The van der Waals surface area contributed by atoms with Crippen molar-refractivity contribution in [2.45, 2.75) is 31.7 Å². The molecule has 5 nitrogen and oxygen atoms in total. The normalized spacial score (nSPS) is 11.0. The van der Waals surface area contributed by atoms with Crippen molar-refractivity contribution in [1.82, 2.24) is 20.2 Å². The third-order valence-electron chi connectivity index (χ3n) is 3.09. The molecule has 3 aromatic rings. The highest BCUT2D eigenvalue weighted by Crippen LogP contribution is 2.25. The number of hydrogen-bond donors (Lipinski definition) is 1. The summed E-state index contributed by atoms with van der Waals surface area (Å²) in [5.41, 5.74) is 4.32. The van der Waals surface area contributed by atoms with Crippen LogP contribution in [0.1, 0.15) is 22.6 Å². The molecule has 0 unspecified atom stereocenters. The second kappa shape index (κ2) is 5.73. The summed E-state index contributed by atoms with van der Waals surface area (Å²) < 4.78 is 5.59. The number of aryl methyl sites for hydroxylation is 3. The third-order valence-corrected chi connectivity index (χ3v) is 3.97. The minimum atomic E-state index is 0.661. The molecule has 0 aliphatic heterocycles. The number of nitrogens with one attached hydrogen (secondary N) is 1. The number of thioether (sulfide) groups is 1. The molecule has 6 heteroatoms. The van der Waals surface area contributed by atoms with E-state index in [1.54, 1.807) is 6.26 Å². The molecular formula is C15H16N4OS. The van der Waals surface area contributed by atoms with E-state index in [2.05, 4.69) is 46.1 Å². The van der Waals surface area contributed by atoms with Crippen molar-refractivity contribution in [1.29, 1.82) is 0 Å². The first-order chi connectivity index (χ1) is 10.1. The lowest BCUT2D eigenvalue weighted by molar-refractivity contribution is 0.573. The molecule has 0 amide bonds. The molecule has 0 atom stereocenters. The molecule has 0 fully saturated rings. The lowest BCUT2D eigenvalue weighted by Crippen LogP contribution is -1.86. The largest absolute Gasteiger partial charge is 0.444 e. The minimum Gasteiger partial charge on any atom is -0.444 e. The van der Waals surface area contributed by atoms with Gasteiger partial charge in [0.25, 0.3) is 0 Å². The van der Waals surface area contributed by atoms with Crippen molar-refractivity contribution in [3.8, 4) is 11.5 Å². The fraction of sp³-hybridized carbons (Fsp3) is 0.267. The van der Waals surface area contributed by atoms with Gasteiger partial charge in [0.2, 0.25) is 11.0 Å². The average Bonchev–Trinajstić information content (AvgIpc) is 3.05. The van der Waals surface area contributed by atoms with Gasteiger partial charge in [0, 0.05) is 11.3 Å². The number of rotatable bonds is 4. The predicted molar refractivity (Wildman–Crippen MR) is 82.1 cm³/mol. The van der Waals surface area contributed by atoms with Crippen LogP contribution in [-0.2, 0) is 5.75 Å². The standard InChI is InChI=1S/C15H16N4OS/c1-9-4-5-13(10(2)6-9)14-17-12(7-20-14)8-21-15-16-11(3)18-19-15/h4-7H,8H2,1-3H3,(H,16,18,19). The molecule has 2 heterocycles. The number of aromatic amines is 1. The van der Waals surface area contributed by atoms with Gasteiger partial charge in [-0.1, -0.05) is 29.5 Å². The second-order valence-electron chi connectivity index (χ2n) is 4.95. The molecule has 0 radical (unpaired) electrons. The molecule has 0 bridgehead atoms. The summed E-state index contributed by atoms with van der Waals surface area (Å²) in [5.74, 6) is 2.16. The van der Waals surface area contributed by atoms with E-state index in [1.807, 2.05) is 13.0 Å². The van der Waals surface area contributed by atoms with E-state index < -0.39 is 0 Å². The van der Waals surface area contributed by atoms with Crippen molar-refractivity contribution in [3.05, 3.63) is 47.1 Å². The number of benzene rings is 1. The molecule has 0 saturated carbocycles. The van der Waals surface area contributed by atoms with Crippen LogP contribution in [0.4, 0.5) is 0 Å². The summed E-state index contributed by atoms with van der Waals surface area (Å²) in [5, 5.41) is 7.64. The number of oxazole rings is 1. The number of hydrogen-bond acceptors (Lipinski definition) is 5. The molecule has 1 N–H and O–H groups in total. The predicted octanol–water partition coefficient (Wildman–Crippen LogP) is 3.68. The smallest absolute Gasteiger partial charge is 0.226 e. The van der Waals surface area contributed by atoms with Crippen LogP contribution < -0.4 is 0 Å². The molecule has 21 heavy (non-hydrogen) atoms. The van der Waals surface area contributed by atoms with Gasteiger partial charge in [-0.2, -0.15) is 0 Å². The number of aromatic nitrogens is 4. The van der Waals surface area contributed by atoms with Gasteiger partial charge in [-0.05, 0) is 32.4 Å². The van der Waals surface area contributed by atoms with Crippen LogP contribution in [-0.4, -0.2) is 20.2 Å². The van der Waals surface area contributed by atoms with E-state index in [4.69, 9.17) is 4.42 Å². The zero-order valence-electron chi connectivity index (χ0n) is 12.2. The Balaban J connectivity index is 1.74. The van der Waals surface area contributed by atoms with Crippen LogP contribution in [0.25, 0.3) is 11.5 Å². The molecule has 1 aromatic carbocycles. The summed E-state index contributed by atoms with van der Waals surface area (Å²) in [7, 11) is 0. The highest BCUT2D eigenvalue weighted by molar-refractivity contribution is 7.98. The van der Waals surface area contributed by atoms with Crippen molar-refractivity contribution in [2.75, 3.05) is 0 Å². The van der Waals surface area contributed by atoms with Crippen molar-refractivity contribution in [2.24, 2.45) is 0 Å². The number of H-pyrrole nitrogens is 1. The van der Waals surface area contributed by atoms with E-state index >= 15 is 0 Å². The molecule has 108 valence electrons. The molecule has 3 rings (SSSR count). The maximum atomic E-state index is 5.59. The fourth-order valence-electron chi connectivity index (χ4n) is 2.08. The molecule has 0 spiro atoms. The Kier molecular flexibility index (Phi) is 3.79. The van der Waals surface area contributed by atoms with E-state index in [0.717, 1.165) is 22.2 Å². The van der Waals surface area contributed by atoms with Gasteiger partial charge in [0.05, 0.1) is 5.69 Å². The van der Waals surface area contributed by atoms with Gasteiger partial charge < -0.3 is 4.42 Å². The molecular weight excluding hydrogens is 284 g/mol. The van der Waals surface area contributed by atoms with Crippen molar-refractivity contribution >= 4 is 11.8 Å². The molecule has 2 aromatic heterocycles. The first-order valence-corrected chi connectivity index (χ1v) is 7.64. The quantitative estimate of drug-likeness (QED) is 0.744. The van der Waals surface area contributed by atoms with Crippen LogP contribution in [0.3, 0.4) is 0 Å². The summed E-state index contributed by atoms with van der Waals surface area (Å²) >= 11 is 1.53. The van der Waals surface area contributed by atoms with Crippen LogP contribution in [0.5, 0.6) is 0 Å². The Labute approximate surface area is 127 Å². The summed E-state index contributed by atoms with van der Waals surface area (Å²) in [6, 6.07) is 6.24. The summed E-state index contributed by atoms with van der Waals surface area (Å²) in [4.78, 5) is 8.79. The van der Waals surface area contributed by atoms with Crippen LogP contribution in [0, 0.1) is 20.8 Å². The Morgan fingerprint density at radius 3 is 2.76 bits per heavy atom. The van der Waals surface area contributed by atoms with E-state index in [9.17, 15) is 0 Å². The second-order valence-corrected chi connectivity index (χ2v) is 5.90. The van der Waals surface area contributed by atoms with Crippen molar-refractivity contribution < 1.29 is 4.42 Å². The van der Waals surface area contributed by atoms with Gasteiger partial charge in [0.15, 0.2) is 0 Å². The van der Waals surface area contributed by atoms with Crippen LogP contribution >= 0.6 is 11.8 Å². The fourth-order valence-corrected chi connectivity index (χ4v) is 2.80. The zero-order chi connectivity index (χ0) is 14.8. The molecule has 0 saturated heterocycles. The highest BCUT2D eigenvalue weighted by Gasteiger charge is 2.10. The zero-order valence-corrected chi connectivity index (χ0v) is 13.0. The highest BCUT2D eigenvalue weighted by atomic mass is 32.2. The minimum absolute atomic E-state index is 0.661.